The summed E-state index contributed by atoms with van der Waals surface area (Å²) in [5.74, 6) is -3.13. The number of carbonyl (C=O) groups excluding carboxylic acids is 3. The zero-order valence-electron chi connectivity index (χ0n) is 22.8. The van der Waals surface area contributed by atoms with Crippen LogP contribution in [0.2, 0.25) is 0 Å². The molecule has 12 heteroatoms. The van der Waals surface area contributed by atoms with Crippen LogP contribution in [-0.4, -0.2) is 90.4 Å². The maximum Gasteiger partial charge on any atom is 0.270 e. The summed E-state index contributed by atoms with van der Waals surface area (Å²) in [6.45, 7) is 2.97. The van der Waals surface area contributed by atoms with Gasteiger partial charge in [0.2, 0.25) is 17.7 Å². The van der Waals surface area contributed by atoms with Gasteiger partial charge >= 0.3 is 0 Å². The molecule has 2 aromatic rings. The molecular weight excluding hydrogens is 532 g/mol. The van der Waals surface area contributed by atoms with E-state index in [1.54, 1.807) is 30.9 Å². The van der Waals surface area contributed by atoms with Gasteiger partial charge in [-0.2, -0.15) is 0 Å². The van der Waals surface area contributed by atoms with Gasteiger partial charge in [0.15, 0.2) is 0 Å². The van der Waals surface area contributed by atoms with Crippen LogP contribution >= 0.6 is 12.4 Å². The largest absolute Gasteiger partial charge is 0.497 e. The molecule has 4 rings (SSSR count). The number of amides is 3. The number of likely N-dealkylation sites (N-methyl/N-ethyl adjacent to an activating group) is 1. The van der Waals surface area contributed by atoms with E-state index in [1.165, 1.54) is 0 Å². The number of hydrogen-bond acceptors (Lipinski definition) is 5. The molecule has 2 N–H and O–H groups in total. The number of methoxy groups -OCH3 is 1. The summed E-state index contributed by atoms with van der Waals surface area (Å²) in [6, 6.07) is 6.10. The Balaban J connectivity index is 0.00000420. The lowest BCUT2D eigenvalue weighted by atomic mass is 9.81. The van der Waals surface area contributed by atoms with Gasteiger partial charge in [-0.1, -0.05) is 0 Å². The van der Waals surface area contributed by atoms with E-state index in [0.29, 0.717) is 37.6 Å². The van der Waals surface area contributed by atoms with Gasteiger partial charge in [-0.25, -0.2) is 8.78 Å². The highest BCUT2D eigenvalue weighted by atomic mass is 35.5. The van der Waals surface area contributed by atoms with Crippen molar-refractivity contribution in [3.63, 3.8) is 0 Å². The number of aromatic nitrogens is 1. The van der Waals surface area contributed by atoms with Crippen molar-refractivity contribution in [3.05, 3.63) is 30.0 Å². The van der Waals surface area contributed by atoms with Crippen LogP contribution in [0.5, 0.6) is 5.75 Å². The summed E-state index contributed by atoms with van der Waals surface area (Å²) < 4.78 is 34.7. The van der Waals surface area contributed by atoms with Gasteiger partial charge in [-0.3, -0.25) is 14.4 Å². The number of rotatable bonds is 7. The molecular formula is C27H38ClF2N5O4. The number of halogens is 3. The normalized spacial score (nSPS) is 19.2. The number of benzene rings is 1. The molecule has 2 fully saturated rings. The number of ether oxygens (including phenoxy) is 1. The first-order valence-electron chi connectivity index (χ1n) is 13.1. The van der Waals surface area contributed by atoms with Gasteiger partial charge in [0.25, 0.3) is 5.91 Å². The summed E-state index contributed by atoms with van der Waals surface area (Å²) in [4.78, 5) is 42.9. The molecule has 0 bridgehead atoms. The lowest BCUT2D eigenvalue weighted by Crippen LogP contribution is -2.59. The van der Waals surface area contributed by atoms with E-state index >= 15 is 0 Å². The van der Waals surface area contributed by atoms with Gasteiger partial charge in [-0.05, 0) is 50.9 Å². The average Bonchev–Trinajstić information content (AvgIpc) is 3.26. The molecule has 1 saturated carbocycles. The van der Waals surface area contributed by atoms with Crippen LogP contribution < -0.4 is 15.4 Å². The first-order valence-corrected chi connectivity index (χ1v) is 13.1. The number of nitrogens with zero attached hydrogens (tertiary/aromatic N) is 3. The Bertz CT molecular complexity index is 1190. The summed E-state index contributed by atoms with van der Waals surface area (Å²) in [7, 11) is 5.07. The van der Waals surface area contributed by atoms with Crippen molar-refractivity contribution in [2.45, 2.75) is 50.6 Å². The van der Waals surface area contributed by atoms with Crippen LogP contribution in [0.15, 0.2) is 24.3 Å². The van der Waals surface area contributed by atoms with E-state index in [2.05, 4.69) is 10.6 Å². The maximum absolute atomic E-state index is 13.8. The van der Waals surface area contributed by atoms with E-state index in [9.17, 15) is 23.2 Å². The topological polar surface area (TPSA) is 95.9 Å². The molecule has 3 amide bonds. The van der Waals surface area contributed by atoms with Crippen molar-refractivity contribution in [2.24, 2.45) is 13.0 Å². The van der Waals surface area contributed by atoms with Crippen LogP contribution in [0.25, 0.3) is 10.9 Å². The van der Waals surface area contributed by atoms with Gasteiger partial charge in [-0.15, -0.1) is 12.4 Å². The van der Waals surface area contributed by atoms with E-state index in [0.717, 1.165) is 10.9 Å². The number of nitrogens with one attached hydrogen (secondary N) is 2. The minimum atomic E-state index is -2.73. The molecule has 9 nitrogen and oxygen atoms in total. The Labute approximate surface area is 233 Å². The molecule has 1 aliphatic carbocycles. The third kappa shape index (κ3) is 6.63. The zero-order chi connectivity index (χ0) is 27.6. The monoisotopic (exact) mass is 569 g/mol. The van der Waals surface area contributed by atoms with Crippen LogP contribution in [0.4, 0.5) is 8.78 Å². The third-order valence-electron chi connectivity index (χ3n) is 7.97. The van der Waals surface area contributed by atoms with Crippen LogP contribution in [0.1, 0.15) is 43.1 Å². The van der Waals surface area contributed by atoms with Crippen LogP contribution in [-0.2, 0) is 16.6 Å². The lowest BCUT2D eigenvalue weighted by Gasteiger charge is -2.39. The van der Waals surface area contributed by atoms with Crippen LogP contribution in [0.3, 0.4) is 0 Å². The Kier molecular flexibility index (Phi) is 9.82. The standard InChI is InChI=1S/C27H37F2N5O4.ClH/c1-17(30-2)24(35)31-23(18-7-9-27(28,29)10-8-18)26(37)34-13-11-33(12-14-34)25(36)22-15-19-5-6-20(38-4)16-21(19)32(22)3;/h5-6,15-18,23,30H,7-14H2,1-4H3,(H,31,35);1H/t17?,23-;/m0./s1. The fourth-order valence-corrected chi connectivity index (χ4v) is 5.32. The molecule has 2 aliphatic rings. The van der Waals surface area contributed by atoms with Crippen molar-refractivity contribution in [1.82, 2.24) is 25.0 Å². The lowest BCUT2D eigenvalue weighted by molar-refractivity contribution is -0.141. The van der Waals surface area contributed by atoms with Gasteiger partial charge in [0.1, 0.15) is 17.5 Å². The third-order valence-corrected chi connectivity index (χ3v) is 7.97. The maximum atomic E-state index is 13.8. The van der Waals surface area contributed by atoms with E-state index in [4.69, 9.17) is 4.74 Å². The first-order chi connectivity index (χ1) is 18.0. The minimum Gasteiger partial charge on any atom is -0.497 e. The Hall–Kier alpha value is -2.92. The summed E-state index contributed by atoms with van der Waals surface area (Å²) in [5.41, 5.74) is 1.43. The molecule has 1 aromatic heterocycles. The summed E-state index contributed by atoms with van der Waals surface area (Å²) in [5, 5.41) is 6.60. The number of alkyl halides is 2. The highest BCUT2D eigenvalue weighted by molar-refractivity contribution is 5.99. The van der Waals surface area contributed by atoms with E-state index in [-0.39, 0.29) is 61.7 Å². The van der Waals surface area contributed by atoms with Crippen molar-refractivity contribution < 1.29 is 27.9 Å². The molecule has 0 spiro atoms. The summed E-state index contributed by atoms with van der Waals surface area (Å²) >= 11 is 0. The van der Waals surface area contributed by atoms with Crippen LogP contribution in [0, 0.1) is 5.92 Å². The predicted molar refractivity (Wildman–Crippen MR) is 147 cm³/mol. The first kappa shape index (κ1) is 30.6. The van der Waals surface area contributed by atoms with Gasteiger partial charge in [0.05, 0.1) is 18.7 Å². The highest BCUT2D eigenvalue weighted by Crippen LogP contribution is 2.38. The van der Waals surface area contributed by atoms with E-state index < -0.39 is 18.0 Å². The summed E-state index contributed by atoms with van der Waals surface area (Å²) in [6.07, 6.45) is -0.250. The number of fused-ring (bicyclic) bond motifs is 1. The molecule has 1 aromatic carbocycles. The van der Waals surface area contributed by atoms with Gasteiger partial charge in [0, 0.05) is 57.5 Å². The molecule has 2 heterocycles. The number of aryl methyl sites for hydroxylation is 1. The number of carbonyl (C=O) groups is 3. The van der Waals surface area contributed by atoms with Crippen molar-refractivity contribution in [1.29, 1.82) is 0 Å². The Morgan fingerprint density at radius 1 is 1.05 bits per heavy atom. The molecule has 1 unspecified atom stereocenters. The average molecular weight is 570 g/mol. The zero-order valence-corrected chi connectivity index (χ0v) is 23.7. The van der Waals surface area contributed by atoms with Crippen molar-refractivity contribution >= 4 is 41.0 Å². The second-order valence-corrected chi connectivity index (χ2v) is 10.3. The fourth-order valence-electron chi connectivity index (χ4n) is 5.32. The Morgan fingerprint density at radius 3 is 2.26 bits per heavy atom. The highest BCUT2D eigenvalue weighted by Gasteiger charge is 2.42. The minimum absolute atomic E-state index is 0. The Morgan fingerprint density at radius 2 is 1.67 bits per heavy atom. The molecule has 1 aliphatic heterocycles. The van der Waals surface area contributed by atoms with Crippen molar-refractivity contribution in [3.8, 4) is 5.75 Å². The second-order valence-electron chi connectivity index (χ2n) is 10.3. The van der Waals surface area contributed by atoms with Gasteiger partial charge < -0.3 is 29.7 Å². The fraction of sp³-hybridized carbons (Fsp3) is 0.593. The molecule has 0 radical (unpaired) electrons. The molecule has 216 valence electrons. The molecule has 1 saturated heterocycles. The SMILES string of the molecule is CNC(C)C(=O)N[C@H](C(=O)N1CCN(C(=O)c2cc3ccc(OC)cc3n2C)CC1)C1CCC(F)(F)CC1.Cl. The number of piperazine rings is 1. The second kappa shape index (κ2) is 12.5. The van der Waals surface area contributed by atoms with E-state index in [1.807, 2.05) is 35.9 Å². The predicted octanol–water partition coefficient (Wildman–Crippen LogP) is 2.81. The molecule has 39 heavy (non-hydrogen) atoms. The van der Waals surface area contributed by atoms with Crippen molar-refractivity contribution in [2.75, 3.05) is 40.3 Å². The molecule has 2 atom stereocenters. The quantitative estimate of drug-likeness (QED) is 0.535. The smallest absolute Gasteiger partial charge is 0.270 e. The number of hydrogen-bond donors (Lipinski definition) is 2.